The average molecular weight is 485 g/mol. The van der Waals surface area contributed by atoms with Gasteiger partial charge >= 0.3 is 0 Å². The second-order valence-corrected chi connectivity index (χ2v) is 11.6. The zero-order valence-corrected chi connectivity index (χ0v) is 20.5. The van der Waals surface area contributed by atoms with Gasteiger partial charge in [-0.05, 0) is 54.0 Å². The van der Waals surface area contributed by atoms with Gasteiger partial charge in [0.05, 0.1) is 18.8 Å². The molecule has 8 heteroatoms. The van der Waals surface area contributed by atoms with Gasteiger partial charge in [0.25, 0.3) is 5.91 Å². The van der Waals surface area contributed by atoms with Gasteiger partial charge in [0.2, 0.25) is 10.0 Å². The summed E-state index contributed by atoms with van der Waals surface area (Å²) >= 11 is 0. The molecule has 2 heterocycles. The standard InChI is InChI=1S/C26H32N2O5S/c1-3-19-8-4-5-10-23(19)26(29)27-15-24(32-2)25(16-27)33-22-9-6-7-18(11-22)17-34(30,31)28-13-20-12-21(20)14-28/h4-11,20-21,24-25H,3,12-17H2,1-2H3/t20?,21?,24-,25-/m1/s1. The Morgan fingerprint density at radius 3 is 2.47 bits per heavy atom. The van der Waals surface area contributed by atoms with Gasteiger partial charge < -0.3 is 14.4 Å². The molecule has 2 aromatic rings. The SMILES string of the molecule is CCc1ccccc1C(=O)N1C[C@@H](OC)[C@H](Oc2cccc(CS(=O)(=O)N3CC4CC4C3)c2)C1. The van der Waals surface area contributed by atoms with Crippen LogP contribution >= 0.6 is 0 Å². The number of methoxy groups -OCH3 is 1. The molecule has 0 N–H and O–H groups in total. The van der Waals surface area contributed by atoms with Gasteiger partial charge in [-0.1, -0.05) is 37.3 Å². The minimum absolute atomic E-state index is 0.0193. The van der Waals surface area contributed by atoms with E-state index in [9.17, 15) is 13.2 Å². The Balaban J connectivity index is 1.26. The first kappa shape index (κ1) is 23.3. The number of likely N-dealkylation sites (tertiary alicyclic amines) is 1. The highest BCUT2D eigenvalue weighted by molar-refractivity contribution is 7.88. The number of aryl methyl sites for hydroxylation is 1. The van der Waals surface area contributed by atoms with Gasteiger partial charge in [0, 0.05) is 25.8 Å². The van der Waals surface area contributed by atoms with E-state index in [1.165, 1.54) is 6.42 Å². The number of hydrogen-bond donors (Lipinski definition) is 0. The van der Waals surface area contributed by atoms with Gasteiger partial charge in [0.15, 0.2) is 0 Å². The Morgan fingerprint density at radius 2 is 1.74 bits per heavy atom. The first-order chi connectivity index (χ1) is 16.4. The van der Waals surface area contributed by atoms with E-state index in [-0.39, 0.29) is 23.9 Å². The highest BCUT2D eigenvalue weighted by atomic mass is 32.2. The number of hydrogen-bond acceptors (Lipinski definition) is 5. The first-order valence-corrected chi connectivity index (χ1v) is 13.6. The van der Waals surface area contributed by atoms with Crippen LogP contribution in [0.25, 0.3) is 0 Å². The van der Waals surface area contributed by atoms with Crippen LogP contribution in [0.2, 0.25) is 0 Å². The first-order valence-electron chi connectivity index (χ1n) is 12.0. The summed E-state index contributed by atoms with van der Waals surface area (Å²) in [5.74, 6) is 1.67. The molecule has 4 atom stereocenters. The van der Waals surface area contributed by atoms with Gasteiger partial charge in [-0.2, -0.15) is 0 Å². The maximum absolute atomic E-state index is 13.2. The van der Waals surface area contributed by atoms with Gasteiger partial charge in [-0.25, -0.2) is 12.7 Å². The van der Waals surface area contributed by atoms with Crippen LogP contribution < -0.4 is 4.74 Å². The molecule has 5 rings (SSSR count). The summed E-state index contributed by atoms with van der Waals surface area (Å²) in [6, 6.07) is 14.9. The van der Waals surface area contributed by atoms with Crippen molar-refractivity contribution in [1.29, 1.82) is 0 Å². The van der Waals surface area contributed by atoms with Crippen LogP contribution in [0.1, 0.15) is 34.8 Å². The number of piperidine rings is 1. The minimum atomic E-state index is -3.33. The van der Waals surface area contributed by atoms with Crippen molar-refractivity contribution in [2.75, 3.05) is 33.3 Å². The van der Waals surface area contributed by atoms with E-state index < -0.39 is 10.0 Å². The number of benzene rings is 2. The van der Waals surface area contributed by atoms with E-state index in [4.69, 9.17) is 9.47 Å². The molecule has 2 aliphatic heterocycles. The van der Waals surface area contributed by atoms with Crippen LogP contribution in [0.15, 0.2) is 48.5 Å². The highest BCUT2D eigenvalue weighted by Gasteiger charge is 2.48. The Kier molecular flexibility index (Phi) is 6.39. The maximum Gasteiger partial charge on any atom is 0.254 e. The molecule has 1 aliphatic carbocycles. The molecular weight excluding hydrogens is 452 g/mol. The summed E-state index contributed by atoms with van der Waals surface area (Å²) in [4.78, 5) is 15.0. The lowest BCUT2D eigenvalue weighted by atomic mass is 10.0. The van der Waals surface area contributed by atoms with Crippen molar-refractivity contribution in [1.82, 2.24) is 9.21 Å². The summed E-state index contributed by atoms with van der Waals surface area (Å²) in [7, 11) is -1.71. The molecule has 3 fully saturated rings. The van der Waals surface area contributed by atoms with Crippen molar-refractivity contribution in [3.8, 4) is 5.75 Å². The molecule has 0 radical (unpaired) electrons. The summed E-state index contributed by atoms with van der Waals surface area (Å²) in [6.07, 6.45) is 1.36. The second-order valence-electron chi connectivity index (χ2n) is 9.63. The third-order valence-electron chi connectivity index (χ3n) is 7.31. The normalized spacial score (nSPS) is 26.5. The fourth-order valence-electron chi connectivity index (χ4n) is 5.22. The molecule has 7 nitrogen and oxygen atoms in total. The topological polar surface area (TPSA) is 76.1 Å². The van der Waals surface area contributed by atoms with E-state index >= 15 is 0 Å². The Morgan fingerprint density at radius 1 is 1.00 bits per heavy atom. The molecule has 0 bridgehead atoms. The fourth-order valence-corrected chi connectivity index (χ4v) is 6.85. The molecule has 1 amide bonds. The minimum Gasteiger partial charge on any atom is -0.486 e. The average Bonchev–Trinajstić information content (AvgIpc) is 3.24. The van der Waals surface area contributed by atoms with Crippen LogP contribution in [0.3, 0.4) is 0 Å². The van der Waals surface area contributed by atoms with Crippen molar-refractivity contribution in [3.05, 3.63) is 65.2 Å². The lowest BCUT2D eigenvalue weighted by Crippen LogP contribution is -2.32. The number of carbonyl (C=O) groups excluding carboxylic acids is 1. The van der Waals surface area contributed by atoms with Crippen LogP contribution in [0, 0.1) is 11.8 Å². The number of nitrogens with zero attached hydrogens (tertiary/aromatic N) is 2. The van der Waals surface area contributed by atoms with E-state index in [1.807, 2.05) is 49.4 Å². The van der Waals surface area contributed by atoms with Crippen LogP contribution in [0.5, 0.6) is 5.75 Å². The number of fused-ring (bicyclic) bond motifs is 1. The molecule has 2 saturated heterocycles. The van der Waals surface area contributed by atoms with E-state index in [0.717, 1.165) is 12.0 Å². The monoisotopic (exact) mass is 484 g/mol. The Bertz CT molecular complexity index is 1160. The summed E-state index contributed by atoms with van der Waals surface area (Å²) in [5.41, 5.74) is 2.44. The second kappa shape index (κ2) is 9.32. The number of ether oxygens (including phenoxy) is 2. The number of carbonyl (C=O) groups is 1. The smallest absolute Gasteiger partial charge is 0.254 e. The molecule has 182 valence electrons. The van der Waals surface area contributed by atoms with E-state index in [2.05, 4.69) is 0 Å². The fraction of sp³-hybridized carbons (Fsp3) is 0.500. The predicted molar refractivity (Wildman–Crippen MR) is 129 cm³/mol. The van der Waals surface area contributed by atoms with Crippen molar-refractivity contribution < 1.29 is 22.7 Å². The lowest BCUT2D eigenvalue weighted by molar-refractivity contribution is 0.0339. The maximum atomic E-state index is 13.2. The molecule has 3 aliphatic rings. The number of amides is 1. The Hall–Kier alpha value is -2.42. The quantitative estimate of drug-likeness (QED) is 0.576. The number of sulfonamides is 1. The Labute approximate surface area is 201 Å². The van der Waals surface area contributed by atoms with Crippen LogP contribution in [0.4, 0.5) is 0 Å². The lowest BCUT2D eigenvalue weighted by Gasteiger charge is -2.20. The van der Waals surface area contributed by atoms with E-state index in [1.54, 1.807) is 22.4 Å². The van der Waals surface area contributed by atoms with Gasteiger partial charge in [-0.15, -0.1) is 0 Å². The van der Waals surface area contributed by atoms with Crippen molar-refractivity contribution >= 4 is 15.9 Å². The van der Waals surface area contributed by atoms with Crippen molar-refractivity contribution in [2.24, 2.45) is 11.8 Å². The summed E-state index contributed by atoms with van der Waals surface area (Å²) in [5, 5.41) is 0. The van der Waals surface area contributed by atoms with Crippen molar-refractivity contribution in [3.63, 3.8) is 0 Å². The largest absolute Gasteiger partial charge is 0.486 e. The van der Waals surface area contributed by atoms with Gasteiger partial charge in [-0.3, -0.25) is 4.79 Å². The predicted octanol–water partition coefficient (Wildman–Crippen LogP) is 2.95. The third kappa shape index (κ3) is 4.72. The molecule has 34 heavy (non-hydrogen) atoms. The van der Waals surface area contributed by atoms with Crippen LogP contribution in [-0.4, -0.2) is 69.0 Å². The summed E-state index contributed by atoms with van der Waals surface area (Å²) < 4.78 is 39.2. The van der Waals surface area contributed by atoms with E-state index in [0.29, 0.717) is 54.9 Å². The van der Waals surface area contributed by atoms with Crippen LogP contribution in [-0.2, 0) is 26.9 Å². The molecule has 2 unspecified atom stereocenters. The van der Waals surface area contributed by atoms with Gasteiger partial charge in [0.1, 0.15) is 18.0 Å². The molecule has 1 saturated carbocycles. The number of rotatable bonds is 8. The highest BCUT2D eigenvalue weighted by Crippen LogP contribution is 2.46. The molecule has 0 spiro atoms. The molecular formula is C26H32N2O5S. The molecule has 0 aromatic heterocycles. The third-order valence-corrected chi connectivity index (χ3v) is 9.09. The zero-order chi connectivity index (χ0) is 23.9. The summed E-state index contributed by atoms with van der Waals surface area (Å²) in [6.45, 7) is 4.22. The molecule has 2 aromatic carbocycles. The van der Waals surface area contributed by atoms with Crippen molar-refractivity contribution in [2.45, 2.75) is 37.7 Å². The zero-order valence-electron chi connectivity index (χ0n) is 19.7.